The van der Waals surface area contributed by atoms with Crippen LogP contribution in [0.2, 0.25) is 0 Å². The van der Waals surface area contributed by atoms with Gasteiger partial charge in [0.05, 0.1) is 12.0 Å². The average molecular weight is 224 g/mol. The van der Waals surface area contributed by atoms with Crippen LogP contribution in [0.25, 0.3) is 31.4 Å². The molecule has 0 atom stereocenters. The Labute approximate surface area is 95.9 Å². The summed E-state index contributed by atoms with van der Waals surface area (Å²) in [6, 6.07) is 10.7. The van der Waals surface area contributed by atoms with Gasteiger partial charge in [0.25, 0.3) is 0 Å². The van der Waals surface area contributed by atoms with E-state index in [1.165, 1.54) is 31.4 Å². The molecule has 2 heterocycles. The van der Waals surface area contributed by atoms with Crippen LogP contribution in [0, 0.1) is 0 Å². The molecular weight excluding hydrogens is 216 g/mol. The molecule has 0 saturated carbocycles. The van der Waals surface area contributed by atoms with E-state index in [9.17, 15) is 0 Å². The maximum Gasteiger partial charge on any atom is 0.0923 e. The fourth-order valence-corrected chi connectivity index (χ4v) is 3.42. The van der Waals surface area contributed by atoms with Crippen molar-refractivity contribution in [3.05, 3.63) is 42.9 Å². The number of fused-ring (bicyclic) bond motifs is 5. The molecule has 4 rings (SSSR count). The van der Waals surface area contributed by atoms with Gasteiger partial charge in [-0.1, -0.05) is 18.2 Å². The second kappa shape index (κ2) is 2.83. The van der Waals surface area contributed by atoms with E-state index in [2.05, 4.69) is 40.3 Å². The van der Waals surface area contributed by atoms with E-state index in [-0.39, 0.29) is 0 Å². The van der Waals surface area contributed by atoms with Gasteiger partial charge in [-0.15, -0.1) is 11.3 Å². The topological polar surface area (TPSA) is 28.7 Å². The van der Waals surface area contributed by atoms with Crippen molar-refractivity contribution < 1.29 is 0 Å². The van der Waals surface area contributed by atoms with Crippen LogP contribution >= 0.6 is 11.3 Å². The van der Waals surface area contributed by atoms with Crippen molar-refractivity contribution in [1.29, 1.82) is 0 Å². The van der Waals surface area contributed by atoms with E-state index < -0.39 is 0 Å². The Kier molecular flexibility index (Phi) is 1.47. The fraction of sp³-hybridized carbons (Fsp3) is 0. The summed E-state index contributed by atoms with van der Waals surface area (Å²) in [6.45, 7) is 0. The number of thiophene rings is 1. The first-order valence-electron chi connectivity index (χ1n) is 5.16. The van der Waals surface area contributed by atoms with E-state index in [1.54, 1.807) is 6.33 Å². The van der Waals surface area contributed by atoms with Crippen molar-refractivity contribution in [2.45, 2.75) is 0 Å². The minimum Gasteiger partial charge on any atom is -0.346 e. The van der Waals surface area contributed by atoms with E-state index in [1.807, 2.05) is 17.5 Å². The van der Waals surface area contributed by atoms with E-state index in [4.69, 9.17) is 0 Å². The Morgan fingerprint density at radius 2 is 2.06 bits per heavy atom. The zero-order valence-electron chi connectivity index (χ0n) is 8.40. The van der Waals surface area contributed by atoms with Crippen LogP contribution in [0.15, 0.2) is 42.9 Å². The van der Waals surface area contributed by atoms with Crippen LogP contribution in [-0.4, -0.2) is 9.97 Å². The van der Waals surface area contributed by atoms with Crippen LogP contribution in [0.3, 0.4) is 0 Å². The van der Waals surface area contributed by atoms with Gasteiger partial charge in [-0.3, -0.25) is 0 Å². The molecular formula is C13H8N2S. The van der Waals surface area contributed by atoms with Crippen LogP contribution in [0.5, 0.6) is 0 Å². The molecule has 1 aliphatic heterocycles. The molecule has 0 fully saturated rings. The Morgan fingerprint density at radius 1 is 1.12 bits per heavy atom. The van der Waals surface area contributed by atoms with Gasteiger partial charge in [-0.25, -0.2) is 4.98 Å². The number of nitrogens with one attached hydrogen (secondary N) is 1. The summed E-state index contributed by atoms with van der Waals surface area (Å²) in [7, 11) is 0. The van der Waals surface area contributed by atoms with Crippen LogP contribution in [0.4, 0.5) is 0 Å². The fourth-order valence-electron chi connectivity index (χ4n) is 2.26. The summed E-state index contributed by atoms with van der Waals surface area (Å²) in [4.78, 5) is 7.36. The summed E-state index contributed by atoms with van der Waals surface area (Å²) in [5, 5.41) is 2.67. The zero-order chi connectivity index (χ0) is 10.5. The second-order valence-corrected chi connectivity index (χ2v) is 4.94. The summed E-state index contributed by atoms with van der Waals surface area (Å²) >= 11 is 1.84. The number of rotatable bonds is 0. The number of benzene rings is 1. The maximum absolute atomic E-state index is 4.17. The summed E-state index contributed by atoms with van der Waals surface area (Å²) in [5.41, 5.74) is 2.39. The molecule has 0 radical (unpaired) electrons. The van der Waals surface area contributed by atoms with Gasteiger partial charge in [0, 0.05) is 31.9 Å². The number of aromatic nitrogens is 2. The molecule has 0 spiro atoms. The molecule has 2 aromatic rings. The van der Waals surface area contributed by atoms with E-state index in [0.29, 0.717) is 0 Å². The SMILES string of the molecule is c1ccc2c(c1)sc1cc3[nH]cncc-3c12. The standard InChI is InChI=1S/C13H8N2S/c1-2-4-11-8(3-1)13-9-6-14-7-15-10(9)5-12(13)16-11/h1-7H,(H,14,15). The Morgan fingerprint density at radius 3 is 3.06 bits per heavy atom. The van der Waals surface area contributed by atoms with Gasteiger partial charge in [0.2, 0.25) is 0 Å². The second-order valence-electron chi connectivity index (χ2n) is 3.86. The van der Waals surface area contributed by atoms with Crippen LogP contribution in [-0.2, 0) is 0 Å². The lowest BCUT2D eigenvalue weighted by atomic mass is 10.1. The molecule has 0 amide bonds. The minimum absolute atomic E-state index is 1.17. The quantitative estimate of drug-likeness (QED) is 0.482. The van der Waals surface area contributed by atoms with E-state index in [0.717, 1.165) is 0 Å². The average Bonchev–Trinajstić information content (AvgIpc) is 2.83. The number of hydrogen-bond acceptors (Lipinski definition) is 2. The predicted molar refractivity (Wildman–Crippen MR) is 68.1 cm³/mol. The van der Waals surface area contributed by atoms with Gasteiger partial charge in [-0.2, -0.15) is 0 Å². The molecule has 0 unspecified atom stereocenters. The Hall–Kier alpha value is -1.87. The third-order valence-electron chi connectivity index (χ3n) is 2.96. The molecule has 76 valence electrons. The van der Waals surface area contributed by atoms with Crippen molar-refractivity contribution in [3.8, 4) is 11.3 Å². The molecule has 1 aliphatic carbocycles. The van der Waals surface area contributed by atoms with Crippen LogP contribution < -0.4 is 0 Å². The summed E-state index contributed by atoms with van der Waals surface area (Å²) < 4.78 is 2.68. The molecule has 2 nitrogen and oxygen atoms in total. The van der Waals surface area contributed by atoms with Gasteiger partial charge in [0.1, 0.15) is 0 Å². The lowest BCUT2D eigenvalue weighted by Gasteiger charge is -1.97. The molecule has 3 heteroatoms. The van der Waals surface area contributed by atoms with Gasteiger partial charge < -0.3 is 4.98 Å². The largest absolute Gasteiger partial charge is 0.346 e. The van der Waals surface area contributed by atoms with Crippen molar-refractivity contribution in [2.75, 3.05) is 0 Å². The highest BCUT2D eigenvalue weighted by Gasteiger charge is 2.14. The van der Waals surface area contributed by atoms with Crippen molar-refractivity contribution in [3.63, 3.8) is 0 Å². The Balaban J connectivity index is 2.33. The van der Waals surface area contributed by atoms with Gasteiger partial charge in [0.15, 0.2) is 0 Å². The molecule has 0 bridgehead atoms. The van der Waals surface area contributed by atoms with Crippen molar-refractivity contribution >= 4 is 31.5 Å². The smallest absolute Gasteiger partial charge is 0.0923 e. The first kappa shape index (κ1) is 8.30. The minimum atomic E-state index is 1.17. The first-order valence-corrected chi connectivity index (χ1v) is 5.97. The third kappa shape index (κ3) is 0.933. The zero-order valence-corrected chi connectivity index (χ0v) is 9.21. The number of hydrogen-bond donors (Lipinski definition) is 1. The molecule has 1 aromatic heterocycles. The maximum atomic E-state index is 4.17. The highest BCUT2D eigenvalue weighted by Crippen LogP contribution is 2.42. The Bertz CT molecular complexity index is 766. The summed E-state index contributed by atoms with van der Waals surface area (Å²) in [6.07, 6.45) is 3.67. The van der Waals surface area contributed by atoms with Crippen molar-refractivity contribution in [1.82, 2.24) is 9.97 Å². The predicted octanol–water partition coefficient (Wildman–Crippen LogP) is 3.88. The number of aromatic amines is 1. The molecule has 0 saturated heterocycles. The molecule has 1 N–H and O–H groups in total. The monoisotopic (exact) mass is 224 g/mol. The highest BCUT2D eigenvalue weighted by atomic mass is 32.1. The van der Waals surface area contributed by atoms with E-state index >= 15 is 0 Å². The summed E-state index contributed by atoms with van der Waals surface area (Å²) in [5.74, 6) is 0. The molecule has 2 aliphatic rings. The number of nitrogens with zero attached hydrogens (tertiary/aromatic N) is 1. The number of H-pyrrole nitrogens is 1. The molecule has 16 heavy (non-hydrogen) atoms. The van der Waals surface area contributed by atoms with Crippen molar-refractivity contribution in [2.24, 2.45) is 0 Å². The van der Waals surface area contributed by atoms with Gasteiger partial charge in [-0.05, 0) is 12.1 Å². The van der Waals surface area contributed by atoms with Crippen LogP contribution in [0.1, 0.15) is 0 Å². The molecule has 1 aromatic carbocycles. The lowest BCUT2D eigenvalue weighted by molar-refractivity contribution is 1.18. The van der Waals surface area contributed by atoms with Gasteiger partial charge >= 0.3 is 0 Å². The first-order chi connectivity index (χ1) is 7.93. The third-order valence-corrected chi connectivity index (χ3v) is 4.07. The normalized spacial score (nSPS) is 11.8. The highest BCUT2D eigenvalue weighted by molar-refractivity contribution is 7.26. The lowest BCUT2D eigenvalue weighted by Crippen LogP contribution is -1.81.